The Morgan fingerprint density at radius 1 is 1.08 bits per heavy atom. The highest BCUT2D eigenvalue weighted by atomic mass is 16.2. The molecule has 1 unspecified atom stereocenters. The molecule has 1 fully saturated rings. The van der Waals surface area contributed by atoms with Crippen LogP contribution < -0.4 is 5.32 Å². The molecule has 4 heteroatoms. The smallest absolute Gasteiger partial charge is 0.225 e. The molecule has 1 heterocycles. The fourth-order valence-electron chi connectivity index (χ4n) is 3.32. The quantitative estimate of drug-likeness (QED) is 0.871. The first-order chi connectivity index (χ1) is 12.5. The van der Waals surface area contributed by atoms with Crippen molar-refractivity contribution >= 4 is 11.8 Å². The number of carbonyl (C=O) groups excluding carboxylic acids is 2. The lowest BCUT2D eigenvalue weighted by molar-refractivity contribution is -0.129. The van der Waals surface area contributed by atoms with Gasteiger partial charge in [0, 0.05) is 26.1 Å². The number of aryl methyl sites for hydroxylation is 2. The summed E-state index contributed by atoms with van der Waals surface area (Å²) in [7, 11) is 0. The summed E-state index contributed by atoms with van der Waals surface area (Å²) in [5.74, 6) is -0.198. The van der Waals surface area contributed by atoms with Crippen molar-refractivity contribution in [2.24, 2.45) is 5.92 Å². The summed E-state index contributed by atoms with van der Waals surface area (Å²) in [5, 5.41) is 2.98. The van der Waals surface area contributed by atoms with Gasteiger partial charge in [-0.3, -0.25) is 9.59 Å². The minimum atomic E-state index is -0.246. The van der Waals surface area contributed by atoms with Crippen molar-refractivity contribution < 1.29 is 9.59 Å². The van der Waals surface area contributed by atoms with Crippen molar-refractivity contribution in [3.63, 3.8) is 0 Å². The van der Waals surface area contributed by atoms with Gasteiger partial charge in [-0.1, -0.05) is 48.5 Å². The van der Waals surface area contributed by atoms with E-state index >= 15 is 0 Å². The van der Waals surface area contributed by atoms with Gasteiger partial charge in [0.15, 0.2) is 0 Å². The first kappa shape index (κ1) is 18.2. The molecule has 1 aliphatic rings. The third-order valence-electron chi connectivity index (χ3n) is 5.14. The largest absolute Gasteiger partial charge is 0.352 e. The molecule has 4 nitrogen and oxygen atoms in total. The van der Waals surface area contributed by atoms with Gasteiger partial charge in [-0.15, -0.1) is 0 Å². The number of benzene rings is 2. The molecule has 2 amide bonds. The molecule has 136 valence electrons. The standard InChI is InChI=1S/C22H26N2O2/c1-16-8-9-19(12-17(16)2)14-23-22(26)20-13-21(25)24(15-20)11-10-18-6-4-3-5-7-18/h3-9,12,20H,10-11,13-15H2,1-2H3,(H,23,26). The number of likely N-dealkylation sites (tertiary alicyclic amines) is 1. The molecule has 1 aliphatic heterocycles. The topological polar surface area (TPSA) is 49.4 Å². The predicted octanol–water partition coefficient (Wildman–Crippen LogP) is 3.01. The average molecular weight is 350 g/mol. The highest BCUT2D eigenvalue weighted by Crippen LogP contribution is 2.19. The van der Waals surface area contributed by atoms with E-state index < -0.39 is 0 Å². The van der Waals surface area contributed by atoms with Gasteiger partial charge in [-0.2, -0.15) is 0 Å². The number of nitrogens with one attached hydrogen (secondary N) is 1. The highest BCUT2D eigenvalue weighted by molar-refractivity contribution is 5.89. The summed E-state index contributed by atoms with van der Waals surface area (Å²) in [6, 6.07) is 16.3. The SMILES string of the molecule is Cc1ccc(CNC(=O)C2CC(=O)N(CCc3ccccc3)C2)cc1C. The van der Waals surface area contributed by atoms with Crippen LogP contribution >= 0.6 is 0 Å². The molecule has 2 aromatic carbocycles. The van der Waals surface area contributed by atoms with E-state index in [1.807, 2.05) is 29.2 Å². The lowest BCUT2D eigenvalue weighted by atomic mass is 10.1. The lowest BCUT2D eigenvalue weighted by Gasteiger charge is -2.16. The van der Waals surface area contributed by atoms with Gasteiger partial charge in [0.25, 0.3) is 0 Å². The van der Waals surface area contributed by atoms with E-state index in [4.69, 9.17) is 0 Å². The van der Waals surface area contributed by atoms with Crippen molar-refractivity contribution in [2.75, 3.05) is 13.1 Å². The van der Waals surface area contributed by atoms with E-state index in [1.165, 1.54) is 16.7 Å². The number of hydrogen-bond acceptors (Lipinski definition) is 2. The van der Waals surface area contributed by atoms with Gasteiger partial charge in [-0.25, -0.2) is 0 Å². The van der Waals surface area contributed by atoms with Gasteiger partial charge in [0.2, 0.25) is 11.8 Å². The maximum absolute atomic E-state index is 12.4. The summed E-state index contributed by atoms with van der Waals surface area (Å²) < 4.78 is 0. The maximum atomic E-state index is 12.4. The number of amides is 2. The molecule has 0 spiro atoms. The Morgan fingerprint density at radius 3 is 2.58 bits per heavy atom. The number of rotatable bonds is 6. The lowest BCUT2D eigenvalue weighted by Crippen LogP contribution is -2.33. The molecule has 26 heavy (non-hydrogen) atoms. The minimum Gasteiger partial charge on any atom is -0.352 e. The number of nitrogens with zero attached hydrogens (tertiary/aromatic N) is 1. The van der Waals surface area contributed by atoms with Crippen molar-refractivity contribution in [2.45, 2.75) is 33.2 Å². The molecular weight excluding hydrogens is 324 g/mol. The van der Waals surface area contributed by atoms with Crippen LogP contribution in [-0.4, -0.2) is 29.8 Å². The Labute approximate surface area is 155 Å². The van der Waals surface area contributed by atoms with Crippen LogP contribution in [0.3, 0.4) is 0 Å². The Balaban J connectivity index is 1.49. The first-order valence-corrected chi connectivity index (χ1v) is 9.18. The summed E-state index contributed by atoms with van der Waals surface area (Å²) in [6.07, 6.45) is 1.14. The zero-order valence-electron chi connectivity index (χ0n) is 15.5. The molecule has 3 rings (SSSR count). The Morgan fingerprint density at radius 2 is 1.85 bits per heavy atom. The predicted molar refractivity (Wildman–Crippen MR) is 103 cm³/mol. The molecule has 0 saturated carbocycles. The molecule has 0 aliphatic carbocycles. The van der Waals surface area contributed by atoms with Gasteiger partial charge in [0.05, 0.1) is 5.92 Å². The summed E-state index contributed by atoms with van der Waals surface area (Å²) in [5.41, 5.74) is 4.77. The zero-order valence-corrected chi connectivity index (χ0v) is 15.5. The zero-order chi connectivity index (χ0) is 18.5. The van der Waals surface area contributed by atoms with E-state index in [9.17, 15) is 9.59 Å². The Bertz CT molecular complexity index is 786. The van der Waals surface area contributed by atoms with Crippen LogP contribution in [0.15, 0.2) is 48.5 Å². The fourth-order valence-corrected chi connectivity index (χ4v) is 3.32. The minimum absolute atomic E-state index is 0.0289. The van der Waals surface area contributed by atoms with Gasteiger partial charge < -0.3 is 10.2 Å². The molecule has 1 N–H and O–H groups in total. The van der Waals surface area contributed by atoms with Crippen LogP contribution in [-0.2, 0) is 22.6 Å². The second kappa shape index (κ2) is 8.17. The second-order valence-electron chi connectivity index (χ2n) is 7.11. The van der Waals surface area contributed by atoms with Crippen LogP contribution in [0.1, 0.15) is 28.7 Å². The van der Waals surface area contributed by atoms with Gasteiger partial charge >= 0.3 is 0 Å². The van der Waals surface area contributed by atoms with E-state index in [0.29, 0.717) is 26.1 Å². The summed E-state index contributed by atoms with van der Waals surface area (Å²) in [4.78, 5) is 26.5. The van der Waals surface area contributed by atoms with E-state index in [2.05, 4.69) is 43.4 Å². The molecule has 0 bridgehead atoms. The molecule has 1 saturated heterocycles. The van der Waals surface area contributed by atoms with Crippen LogP contribution in [0.2, 0.25) is 0 Å². The first-order valence-electron chi connectivity index (χ1n) is 9.18. The molecule has 1 atom stereocenters. The number of hydrogen-bond donors (Lipinski definition) is 1. The molecule has 0 radical (unpaired) electrons. The third kappa shape index (κ3) is 4.51. The summed E-state index contributed by atoms with van der Waals surface area (Å²) in [6.45, 7) is 5.84. The summed E-state index contributed by atoms with van der Waals surface area (Å²) >= 11 is 0. The van der Waals surface area contributed by atoms with Crippen molar-refractivity contribution in [3.8, 4) is 0 Å². The van der Waals surface area contributed by atoms with Crippen LogP contribution in [0.25, 0.3) is 0 Å². The van der Waals surface area contributed by atoms with Crippen LogP contribution in [0.4, 0.5) is 0 Å². The van der Waals surface area contributed by atoms with Crippen molar-refractivity contribution in [1.82, 2.24) is 10.2 Å². The van der Waals surface area contributed by atoms with Crippen LogP contribution in [0.5, 0.6) is 0 Å². The monoisotopic (exact) mass is 350 g/mol. The highest BCUT2D eigenvalue weighted by Gasteiger charge is 2.33. The van der Waals surface area contributed by atoms with E-state index in [0.717, 1.165) is 12.0 Å². The van der Waals surface area contributed by atoms with Gasteiger partial charge in [-0.05, 0) is 42.5 Å². The van der Waals surface area contributed by atoms with Crippen molar-refractivity contribution in [1.29, 1.82) is 0 Å². The molecule has 2 aromatic rings. The van der Waals surface area contributed by atoms with Gasteiger partial charge in [0.1, 0.15) is 0 Å². The average Bonchev–Trinajstić information content (AvgIpc) is 3.02. The maximum Gasteiger partial charge on any atom is 0.225 e. The van der Waals surface area contributed by atoms with Crippen LogP contribution in [0, 0.1) is 19.8 Å². The number of carbonyl (C=O) groups is 2. The molecular formula is C22H26N2O2. The molecule has 0 aromatic heterocycles. The van der Waals surface area contributed by atoms with E-state index in [-0.39, 0.29) is 17.7 Å². The fraction of sp³-hybridized carbons (Fsp3) is 0.364. The van der Waals surface area contributed by atoms with Crippen molar-refractivity contribution in [3.05, 3.63) is 70.8 Å². The normalized spacial score (nSPS) is 16.8. The Kier molecular flexibility index (Phi) is 5.71. The second-order valence-corrected chi connectivity index (χ2v) is 7.11. The van der Waals surface area contributed by atoms with E-state index in [1.54, 1.807) is 0 Å². The third-order valence-corrected chi connectivity index (χ3v) is 5.14. The Hall–Kier alpha value is -2.62.